The van der Waals surface area contributed by atoms with Crippen molar-refractivity contribution in [3.63, 3.8) is 0 Å². The molecule has 1 aromatic carbocycles. The summed E-state index contributed by atoms with van der Waals surface area (Å²) in [4.78, 5) is 33.6. The van der Waals surface area contributed by atoms with E-state index in [0.29, 0.717) is 17.6 Å². The zero-order valence-electron chi connectivity index (χ0n) is 22.9. The number of aliphatic carboxylic acids is 1. The lowest BCUT2D eigenvalue weighted by Crippen LogP contribution is -2.71. The van der Waals surface area contributed by atoms with Crippen LogP contribution in [0.5, 0.6) is 0 Å². The summed E-state index contributed by atoms with van der Waals surface area (Å²) in [6.07, 6.45) is -3.39. The number of hydrogen-bond acceptors (Lipinski definition) is 6. The summed E-state index contributed by atoms with van der Waals surface area (Å²) in [7, 11) is 0. The predicted molar refractivity (Wildman–Crippen MR) is 144 cm³/mol. The summed E-state index contributed by atoms with van der Waals surface area (Å²) in [5, 5.41) is 9.96. The molecule has 2 fully saturated rings. The van der Waals surface area contributed by atoms with Gasteiger partial charge in [0.1, 0.15) is 0 Å². The largest absolute Gasteiger partial charge is 0.490 e. The molecule has 0 unspecified atom stereocenters. The number of carbonyl (C=O) groups is 2. The van der Waals surface area contributed by atoms with Crippen LogP contribution in [0.25, 0.3) is 0 Å². The number of pyridine rings is 2. The number of halogens is 8. The van der Waals surface area contributed by atoms with Crippen molar-refractivity contribution in [3.05, 3.63) is 88.5 Å². The maximum Gasteiger partial charge on any atom is 0.490 e. The molecule has 5 rings (SSSR count). The average Bonchev–Trinajstić information content (AvgIpc) is 2.89. The summed E-state index contributed by atoms with van der Waals surface area (Å²) in [6.45, 7) is 5.26. The van der Waals surface area contributed by atoms with Gasteiger partial charge in [-0.05, 0) is 35.4 Å². The van der Waals surface area contributed by atoms with E-state index in [0.717, 1.165) is 56.5 Å². The number of alkyl halides is 5. The van der Waals surface area contributed by atoms with Crippen LogP contribution in [0.15, 0.2) is 55.0 Å². The number of carboxylic acids is 1. The molecule has 0 aliphatic carbocycles. The van der Waals surface area contributed by atoms with E-state index in [9.17, 15) is 35.5 Å². The first-order valence-electron chi connectivity index (χ1n) is 12.9. The third-order valence-electron chi connectivity index (χ3n) is 7.18. The SMILES string of the molecule is CC(=O)N[C@@](c1ccc(F)c(F)c1)(c1ccc(CN2CC3(C2)CN(c2cncc(Cl)c2)C3)cn1)C(F)F.O=C(O)C(F)(F)F. The van der Waals surface area contributed by atoms with Crippen molar-refractivity contribution in [2.45, 2.75) is 31.6 Å². The van der Waals surface area contributed by atoms with Crippen LogP contribution in [-0.2, 0) is 21.7 Å². The van der Waals surface area contributed by atoms with Gasteiger partial charge in [0.05, 0.1) is 22.6 Å². The molecule has 44 heavy (non-hydrogen) atoms. The third kappa shape index (κ3) is 7.04. The molecule has 2 saturated heterocycles. The highest BCUT2D eigenvalue weighted by Gasteiger charge is 2.52. The molecule has 2 aliphatic rings. The number of rotatable bonds is 7. The Morgan fingerprint density at radius 1 is 1.02 bits per heavy atom. The fourth-order valence-electron chi connectivity index (χ4n) is 5.34. The molecule has 8 nitrogen and oxygen atoms in total. The fourth-order valence-corrected chi connectivity index (χ4v) is 5.51. The summed E-state index contributed by atoms with van der Waals surface area (Å²) < 4.78 is 88.2. The minimum absolute atomic E-state index is 0.169. The van der Waals surface area contributed by atoms with E-state index in [1.165, 1.54) is 12.3 Å². The van der Waals surface area contributed by atoms with Gasteiger partial charge in [-0.2, -0.15) is 13.2 Å². The Hall–Kier alpha value is -3.98. The van der Waals surface area contributed by atoms with E-state index in [2.05, 4.69) is 25.1 Å². The lowest BCUT2D eigenvalue weighted by atomic mass is 9.72. The number of amides is 1. The smallest absolute Gasteiger partial charge is 0.475 e. The number of carbonyl (C=O) groups excluding carboxylic acids is 1. The summed E-state index contributed by atoms with van der Waals surface area (Å²) in [6, 6.07) is 7.39. The molecule has 1 atom stereocenters. The third-order valence-corrected chi connectivity index (χ3v) is 7.39. The molecule has 2 aliphatic heterocycles. The van der Waals surface area contributed by atoms with E-state index in [1.807, 2.05) is 6.07 Å². The number of nitrogens with one attached hydrogen (secondary N) is 1. The molecule has 3 aromatic rings. The topological polar surface area (TPSA) is 98.7 Å². The molecular formula is C28H25ClF7N5O3. The number of benzene rings is 1. The van der Waals surface area contributed by atoms with Gasteiger partial charge in [-0.1, -0.05) is 23.7 Å². The van der Waals surface area contributed by atoms with Crippen LogP contribution in [0, 0.1) is 17.0 Å². The van der Waals surface area contributed by atoms with Crippen molar-refractivity contribution < 1.29 is 45.4 Å². The van der Waals surface area contributed by atoms with Crippen LogP contribution >= 0.6 is 11.6 Å². The molecular weight excluding hydrogens is 623 g/mol. The monoisotopic (exact) mass is 647 g/mol. The van der Waals surface area contributed by atoms with E-state index in [1.54, 1.807) is 18.5 Å². The van der Waals surface area contributed by atoms with Gasteiger partial charge >= 0.3 is 12.1 Å². The van der Waals surface area contributed by atoms with Gasteiger partial charge in [0.15, 0.2) is 17.2 Å². The van der Waals surface area contributed by atoms with Crippen molar-refractivity contribution >= 4 is 29.2 Å². The van der Waals surface area contributed by atoms with E-state index in [-0.39, 0.29) is 16.7 Å². The van der Waals surface area contributed by atoms with Gasteiger partial charge in [-0.25, -0.2) is 22.4 Å². The minimum Gasteiger partial charge on any atom is -0.475 e. The van der Waals surface area contributed by atoms with Crippen molar-refractivity contribution in [2.75, 3.05) is 31.1 Å². The Morgan fingerprint density at radius 2 is 1.68 bits per heavy atom. The first kappa shape index (κ1) is 32.9. The van der Waals surface area contributed by atoms with Gasteiger partial charge in [0.2, 0.25) is 5.91 Å². The maximum absolute atomic E-state index is 14.5. The molecule has 236 valence electrons. The summed E-state index contributed by atoms with van der Waals surface area (Å²) >= 11 is 6.03. The van der Waals surface area contributed by atoms with Gasteiger partial charge in [0.25, 0.3) is 6.43 Å². The second kappa shape index (κ2) is 12.6. The molecule has 2 N–H and O–H groups in total. The van der Waals surface area contributed by atoms with Crippen molar-refractivity contribution in [3.8, 4) is 0 Å². The second-order valence-corrected chi connectivity index (χ2v) is 11.1. The highest BCUT2D eigenvalue weighted by Crippen LogP contribution is 2.43. The van der Waals surface area contributed by atoms with Crippen LogP contribution in [0.3, 0.4) is 0 Å². The Kier molecular flexibility index (Phi) is 9.40. The van der Waals surface area contributed by atoms with Crippen molar-refractivity contribution in [1.82, 2.24) is 20.2 Å². The normalized spacial score (nSPS) is 17.2. The quantitative estimate of drug-likeness (QED) is 0.348. The summed E-state index contributed by atoms with van der Waals surface area (Å²) in [5.41, 5.74) is -0.879. The van der Waals surface area contributed by atoms with Gasteiger partial charge in [0, 0.05) is 57.5 Å². The number of carboxylic acid groups (broad SMARTS) is 1. The van der Waals surface area contributed by atoms with Gasteiger partial charge < -0.3 is 15.3 Å². The maximum atomic E-state index is 14.5. The van der Waals surface area contributed by atoms with Crippen molar-refractivity contribution in [2.24, 2.45) is 5.41 Å². The first-order chi connectivity index (χ1) is 20.5. The predicted octanol–water partition coefficient (Wildman–Crippen LogP) is 5.01. The first-order valence-corrected chi connectivity index (χ1v) is 13.3. The van der Waals surface area contributed by atoms with Crippen LogP contribution in [0.1, 0.15) is 23.7 Å². The van der Waals surface area contributed by atoms with Crippen LogP contribution in [-0.4, -0.2) is 70.6 Å². The Bertz CT molecular complexity index is 1510. The van der Waals surface area contributed by atoms with Gasteiger partial charge in [-0.15, -0.1) is 0 Å². The number of likely N-dealkylation sites (tertiary alicyclic amines) is 1. The minimum atomic E-state index is -5.08. The van der Waals surface area contributed by atoms with E-state index < -0.39 is 41.7 Å². The standard InChI is InChI=1S/C26H24ClF4N5O.C2HF3O2/c1-16(37)34-26(24(30)31,18-3-4-21(28)22(29)6-18)23-5-2-17(8-33-23)11-35-12-25(13-35)14-36(15-25)20-7-19(27)9-32-10-20;3-2(4,5)1(6)7/h2-10,24H,11-15H2,1H3,(H,34,37);(H,6,7)/t26-;/m0./s1. The van der Waals surface area contributed by atoms with Crippen LogP contribution < -0.4 is 10.2 Å². The molecule has 1 amide bonds. The second-order valence-electron chi connectivity index (χ2n) is 10.6. The van der Waals surface area contributed by atoms with Crippen molar-refractivity contribution in [1.29, 1.82) is 0 Å². The zero-order chi connectivity index (χ0) is 32.4. The lowest BCUT2D eigenvalue weighted by Gasteiger charge is -2.61. The highest BCUT2D eigenvalue weighted by atomic mass is 35.5. The van der Waals surface area contributed by atoms with Gasteiger partial charge in [-0.3, -0.25) is 19.7 Å². The zero-order valence-corrected chi connectivity index (χ0v) is 23.6. The number of nitrogens with zero attached hydrogens (tertiary/aromatic N) is 4. The summed E-state index contributed by atoms with van der Waals surface area (Å²) in [5.74, 6) is -5.99. The number of hydrogen-bond donors (Lipinski definition) is 2. The van der Waals surface area contributed by atoms with Crippen LogP contribution in [0.4, 0.5) is 36.4 Å². The average molecular weight is 648 g/mol. The molecule has 1 spiro atoms. The number of aromatic nitrogens is 2. The Balaban J connectivity index is 0.000000566. The molecule has 4 heterocycles. The molecule has 2 aromatic heterocycles. The molecule has 16 heteroatoms. The lowest BCUT2D eigenvalue weighted by molar-refractivity contribution is -0.192. The van der Waals surface area contributed by atoms with E-state index in [4.69, 9.17) is 21.5 Å². The number of anilines is 1. The molecule has 0 saturated carbocycles. The Labute approximate surface area is 251 Å². The van der Waals surface area contributed by atoms with E-state index >= 15 is 0 Å². The van der Waals surface area contributed by atoms with Crippen LogP contribution in [0.2, 0.25) is 5.02 Å². The molecule has 0 bridgehead atoms. The molecule has 0 radical (unpaired) electrons. The fraction of sp³-hybridized carbons (Fsp3) is 0.357. The highest BCUT2D eigenvalue weighted by molar-refractivity contribution is 6.30. The Morgan fingerprint density at radius 3 is 2.18 bits per heavy atom.